The van der Waals surface area contributed by atoms with Gasteiger partial charge in [0, 0.05) is 24.2 Å². The Hall–Kier alpha value is -1.74. The van der Waals surface area contributed by atoms with Crippen LogP contribution >= 0.6 is 35.0 Å². The van der Waals surface area contributed by atoms with Gasteiger partial charge in [0.05, 0.1) is 21.0 Å². The summed E-state index contributed by atoms with van der Waals surface area (Å²) in [7, 11) is 0. The van der Waals surface area contributed by atoms with Gasteiger partial charge in [-0.2, -0.15) is 0 Å². The van der Waals surface area contributed by atoms with E-state index in [1.807, 2.05) is 6.92 Å². The number of fused-ring (bicyclic) bond motifs is 1. The highest BCUT2D eigenvalue weighted by molar-refractivity contribution is 8.00. The van der Waals surface area contributed by atoms with E-state index in [0.29, 0.717) is 51.7 Å². The predicted octanol–water partition coefficient (Wildman–Crippen LogP) is 3.91. The topological polar surface area (TPSA) is 93.4 Å². The van der Waals surface area contributed by atoms with Crippen molar-refractivity contribution >= 4 is 46.8 Å². The van der Waals surface area contributed by atoms with Crippen LogP contribution in [0.1, 0.15) is 26.3 Å². The average molecular weight is 484 g/mol. The second kappa shape index (κ2) is 10.7. The molecule has 31 heavy (non-hydrogen) atoms. The summed E-state index contributed by atoms with van der Waals surface area (Å²) in [5, 5.41) is 4.15. The Morgan fingerprint density at radius 3 is 2.68 bits per heavy atom. The summed E-state index contributed by atoms with van der Waals surface area (Å²) in [5.74, 6) is 0.635. The standard InChI is InChI=1S/C21H27Cl2N5O2S/c1-4-25-19(29)17-10-13-18(26-21(24)27-20(13)31-17)12-9-16(15(23)11-14(12)22)30-8-7-28(5-2)6-3/h9,11,17H,4-8,10H2,1-3H3,(H,25,29)(H2,24,26,27). The Balaban J connectivity index is 1.91. The van der Waals surface area contributed by atoms with E-state index in [0.717, 1.165) is 25.2 Å². The largest absolute Gasteiger partial charge is 0.491 e. The van der Waals surface area contributed by atoms with Crippen LogP contribution in [0.5, 0.6) is 5.75 Å². The molecule has 1 amide bonds. The number of nitrogens with one attached hydrogen (secondary N) is 1. The molecule has 0 fully saturated rings. The first-order valence-corrected chi connectivity index (χ1v) is 12.0. The summed E-state index contributed by atoms with van der Waals surface area (Å²) < 4.78 is 5.95. The highest BCUT2D eigenvalue weighted by atomic mass is 35.5. The van der Waals surface area contributed by atoms with Crippen molar-refractivity contribution in [3.63, 3.8) is 0 Å². The zero-order chi connectivity index (χ0) is 22.5. The third-order valence-corrected chi connectivity index (χ3v) is 6.94. The highest BCUT2D eigenvalue weighted by Gasteiger charge is 2.33. The minimum absolute atomic E-state index is 0.0300. The van der Waals surface area contributed by atoms with Crippen LogP contribution < -0.4 is 15.8 Å². The van der Waals surface area contributed by atoms with Crippen LogP contribution in [0, 0.1) is 0 Å². The number of aromatic nitrogens is 2. The van der Waals surface area contributed by atoms with Crippen LogP contribution in [0.2, 0.25) is 10.0 Å². The fraction of sp³-hybridized carbons (Fsp3) is 0.476. The number of hydrogen-bond acceptors (Lipinski definition) is 7. The third-order valence-electron chi connectivity index (χ3n) is 5.11. The van der Waals surface area contributed by atoms with E-state index in [4.69, 9.17) is 33.7 Å². The van der Waals surface area contributed by atoms with Crippen molar-refractivity contribution in [2.24, 2.45) is 0 Å². The summed E-state index contributed by atoms with van der Waals surface area (Å²) in [4.78, 5) is 23.4. The van der Waals surface area contributed by atoms with Crippen molar-refractivity contribution in [2.45, 2.75) is 37.5 Å². The maximum absolute atomic E-state index is 12.4. The van der Waals surface area contributed by atoms with Crippen LogP contribution in [0.15, 0.2) is 17.2 Å². The van der Waals surface area contributed by atoms with Crippen molar-refractivity contribution in [3.8, 4) is 17.0 Å². The van der Waals surface area contributed by atoms with Gasteiger partial charge in [-0.05, 0) is 38.6 Å². The van der Waals surface area contributed by atoms with Crippen LogP contribution in [0.25, 0.3) is 11.3 Å². The molecule has 1 aliphatic rings. The number of nitrogens with zero attached hydrogens (tertiary/aromatic N) is 3. The smallest absolute Gasteiger partial charge is 0.233 e. The summed E-state index contributed by atoms with van der Waals surface area (Å²) in [6.07, 6.45) is 0.499. The number of rotatable bonds is 9. The Bertz CT molecular complexity index is 956. The lowest BCUT2D eigenvalue weighted by atomic mass is 10.0. The number of likely N-dealkylation sites (N-methyl/N-ethyl adjacent to an activating group) is 1. The monoisotopic (exact) mass is 483 g/mol. The zero-order valence-corrected chi connectivity index (χ0v) is 20.2. The molecule has 168 valence electrons. The van der Waals surface area contributed by atoms with Gasteiger partial charge in [0.15, 0.2) is 0 Å². The fourth-order valence-corrected chi connectivity index (χ4v) is 5.13. The molecule has 2 aromatic rings. The first-order valence-electron chi connectivity index (χ1n) is 10.3. The maximum atomic E-state index is 12.4. The number of thioether (sulfide) groups is 1. The van der Waals surface area contributed by atoms with Crippen molar-refractivity contribution in [1.29, 1.82) is 0 Å². The molecule has 1 aromatic heterocycles. The quantitative estimate of drug-likeness (QED) is 0.522. The van der Waals surface area contributed by atoms with Gasteiger partial charge in [0.25, 0.3) is 0 Å². The van der Waals surface area contributed by atoms with E-state index < -0.39 is 0 Å². The molecule has 0 bridgehead atoms. The lowest BCUT2D eigenvalue weighted by molar-refractivity contribution is -0.120. The third kappa shape index (κ3) is 5.55. The number of carbonyl (C=O) groups excluding carboxylic acids is 1. The molecule has 10 heteroatoms. The van der Waals surface area contributed by atoms with Gasteiger partial charge >= 0.3 is 0 Å². The predicted molar refractivity (Wildman–Crippen MR) is 127 cm³/mol. The molecule has 0 radical (unpaired) electrons. The van der Waals surface area contributed by atoms with E-state index in [-0.39, 0.29) is 17.1 Å². The van der Waals surface area contributed by atoms with Gasteiger partial charge in [-0.3, -0.25) is 4.79 Å². The van der Waals surface area contributed by atoms with Gasteiger partial charge in [0.2, 0.25) is 11.9 Å². The van der Waals surface area contributed by atoms with E-state index in [1.54, 1.807) is 12.1 Å². The summed E-state index contributed by atoms with van der Waals surface area (Å²) >= 11 is 14.3. The van der Waals surface area contributed by atoms with Crippen molar-refractivity contribution < 1.29 is 9.53 Å². The molecule has 1 atom stereocenters. The molecular formula is C21H27Cl2N5O2S. The van der Waals surface area contributed by atoms with Crippen molar-refractivity contribution in [1.82, 2.24) is 20.2 Å². The number of carbonyl (C=O) groups is 1. The Morgan fingerprint density at radius 2 is 2.00 bits per heavy atom. The molecule has 7 nitrogen and oxygen atoms in total. The molecule has 1 unspecified atom stereocenters. The number of anilines is 1. The molecule has 3 N–H and O–H groups in total. The van der Waals surface area contributed by atoms with E-state index in [9.17, 15) is 4.79 Å². The molecule has 0 spiro atoms. The van der Waals surface area contributed by atoms with Gasteiger partial charge in [-0.15, -0.1) is 0 Å². The van der Waals surface area contributed by atoms with Crippen LogP contribution in [0.3, 0.4) is 0 Å². The summed E-state index contributed by atoms with van der Waals surface area (Å²) in [6.45, 7) is 9.90. The SMILES string of the molecule is CCNC(=O)C1Cc2c(nc(N)nc2-c2cc(OCCN(CC)CC)c(Cl)cc2Cl)S1. The number of nitrogen functional groups attached to an aromatic ring is 1. The lowest BCUT2D eigenvalue weighted by Gasteiger charge is -2.19. The summed E-state index contributed by atoms with van der Waals surface area (Å²) in [5.41, 5.74) is 8.09. The molecular weight excluding hydrogens is 457 g/mol. The number of benzene rings is 1. The fourth-order valence-electron chi connectivity index (χ4n) is 3.43. The average Bonchev–Trinajstić information content (AvgIpc) is 3.16. The maximum Gasteiger partial charge on any atom is 0.233 e. The summed E-state index contributed by atoms with van der Waals surface area (Å²) in [6, 6.07) is 3.44. The molecule has 0 saturated carbocycles. The van der Waals surface area contributed by atoms with Crippen molar-refractivity contribution in [3.05, 3.63) is 27.7 Å². The van der Waals surface area contributed by atoms with Crippen LogP contribution in [-0.2, 0) is 11.2 Å². The number of halogens is 2. The van der Waals surface area contributed by atoms with Crippen LogP contribution in [-0.4, -0.2) is 58.8 Å². The zero-order valence-electron chi connectivity index (χ0n) is 17.9. The van der Waals surface area contributed by atoms with E-state index in [1.165, 1.54) is 11.8 Å². The molecule has 0 aliphatic carbocycles. The first-order chi connectivity index (χ1) is 14.9. The minimum Gasteiger partial charge on any atom is -0.491 e. The van der Waals surface area contributed by atoms with Gasteiger partial charge in [-0.1, -0.05) is 48.8 Å². The van der Waals surface area contributed by atoms with Crippen molar-refractivity contribution in [2.75, 3.05) is 38.5 Å². The molecule has 0 saturated heterocycles. The Morgan fingerprint density at radius 1 is 1.26 bits per heavy atom. The highest BCUT2D eigenvalue weighted by Crippen LogP contribution is 2.44. The number of amides is 1. The molecule has 3 rings (SSSR count). The minimum atomic E-state index is -0.277. The number of nitrogens with two attached hydrogens (primary N) is 1. The van der Waals surface area contributed by atoms with Crippen LogP contribution in [0.4, 0.5) is 5.95 Å². The Kier molecular flexibility index (Phi) is 8.27. The normalized spacial score (nSPS) is 15.2. The first kappa shape index (κ1) is 23.9. The number of ether oxygens (including phenoxy) is 1. The molecule has 1 aliphatic heterocycles. The van der Waals surface area contributed by atoms with E-state index in [2.05, 4.69) is 34.0 Å². The molecule has 2 heterocycles. The van der Waals surface area contributed by atoms with Gasteiger partial charge in [-0.25, -0.2) is 9.97 Å². The van der Waals surface area contributed by atoms with E-state index >= 15 is 0 Å². The molecule has 1 aromatic carbocycles. The number of hydrogen-bond donors (Lipinski definition) is 2. The lowest BCUT2D eigenvalue weighted by Crippen LogP contribution is -2.32. The van der Waals surface area contributed by atoms with Gasteiger partial charge in [0.1, 0.15) is 17.4 Å². The second-order valence-electron chi connectivity index (χ2n) is 7.06. The Labute approximate surface area is 197 Å². The van der Waals surface area contributed by atoms with Gasteiger partial charge < -0.3 is 20.7 Å². The second-order valence-corrected chi connectivity index (χ2v) is 9.06.